The Hall–Kier alpha value is -3.01. The zero-order valence-electron chi connectivity index (χ0n) is 15.5. The van der Waals surface area contributed by atoms with Gasteiger partial charge in [-0.05, 0) is 42.8 Å². The number of hydrogen-bond acceptors (Lipinski definition) is 1. The lowest BCUT2D eigenvalue weighted by molar-refractivity contribution is 0.104. The van der Waals surface area contributed by atoms with Crippen molar-refractivity contribution in [1.29, 1.82) is 0 Å². The molecule has 0 bridgehead atoms. The van der Waals surface area contributed by atoms with E-state index >= 15 is 0 Å². The molecule has 0 N–H and O–H groups in total. The molecular formula is C24H21F2NO. The number of fused-ring (bicyclic) bond motifs is 2. The van der Waals surface area contributed by atoms with Crippen molar-refractivity contribution >= 4 is 27.5 Å². The molecule has 0 amide bonds. The number of aromatic nitrogens is 1. The molecule has 2 nitrogen and oxygen atoms in total. The van der Waals surface area contributed by atoms with Crippen molar-refractivity contribution in [2.75, 3.05) is 6.67 Å². The van der Waals surface area contributed by atoms with Gasteiger partial charge in [-0.15, -0.1) is 0 Å². The van der Waals surface area contributed by atoms with Crippen LogP contribution in [0.25, 0.3) is 21.7 Å². The zero-order chi connectivity index (χ0) is 19.5. The number of alkyl halides is 1. The Morgan fingerprint density at radius 3 is 2.29 bits per heavy atom. The predicted molar refractivity (Wildman–Crippen MR) is 109 cm³/mol. The maximum atomic E-state index is 14.1. The lowest BCUT2D eigenvalue weighted by atomic mass is 9.97. The minimum absolute atomic E-state index is 0.116. The Morgan fingerprint density at radius 1 is 0.786 bits per heavy atom. The van der Waals surface area contributed by atoms with E-state index < -0.39 is 0 Å². The van der Waals surface area contributed by atoms with Crippen LogP contribution in [0.1, 0.15) is 35.2 Å². The summed E-state index contributed by atoms with van der Waals surface area (Å²) in [5, 5.41) is 1.95. The van der Waals surface area contributed by atoms with E-state index in [2.05, 4.69) is 4.57 Å². The van der Waals surface area contributed by atoms with Gasteiger partial charge in [-0.1, -0.05) is 42.5 Å². The van der Waals surface area contributed by atoms with E-state index in [1.165, 1.54) is 6.07 Å². The number of unbranched alkanes of at least 4 members (excludes halogenated alkanes) is 2. The summed E-state index contributed by atoms with van der Waals surface area (Å²) in [6, 6.07) is 17.7. The van der Waals surface area contributed by atoms with E-state index in [0.29, 0.717) is 28.3 Å². The molecule has 142 valence electrons. The van der Waals surface area contributed by atoms with Gasteiger partial charge in [0.05, 0.1) is 6.67 Å². The second kappa shape index (κ2) is 7.93. The van der Waals surface area contributed by atoms with Crippen LogP contribution in [0.4, 0.5) is 8.78 Å². The number of nitrogens with zero attached hydrogens (tertiary/aromatic N) is 1. The summed E-state index contributed by atoms with van der Waals surface area (Å²) in [4.78, 5) is 13.4. The van der Waals surface area contributed by atoms with Gasteiger partial charge in [0.25, 0.3) is 0 Å². The molecule has 4 rings (SSSR count). The van der Waals surface area contributed by atoms with E-state index in [1.807, 2.05) is 36.5 Å². The molecule has 0 fully saturated rings. The number of rotatable bonds is 7. The van der Waals surface area contributed by atoms with Gasteiger partial charge in [-0.2, -0.15) is 0 Å². The fraction of sp³-hybridized carbons (Fsp3) is 0.208. The Labute approximate surface area is 162 Å². The number of aryl methyl sites for hydroxylation is 1. The molecule has 3 aromatic carbocycles. The third-order valence-corrected chi connectivity index (χ3v) is 5.18. The lowest BCUT2D eigenvalue weighted by Crippen LogP contribution is -2.03. The largest absolute Gasteiger partial charge is 0.347 e. The Kier molecular flexibility index (Phi) is 5.20. The first-order chi connectivity index (χ1) is 13.7. The van der Waals surface area contributed by atoms with E-state index in [9.17, 15) is 13.6 Å². The Bertz CT molecular complexity index is 1150. The maximum absolute atomic E-state index is 14.1. The molecule has 4 heteroatoms. The van der Waals surface area contributed by atoms with Crippen molar-refractivity contribution < 1.29 is 13.6 Å². The number of ketones is 1. The standard InChI is InChI=1S/C24H21F2NO/c25-14-6-1-7-15-27-16-21(19-10-4-5-11-23(19)27)24(28)20-12-13-22(26)18-9-3-2-8-17(18)20/h2-5,8-13,16H,1,6-7,14-15H2. The van der Waals surface area contributed by atoms with Gasteiger partial charge < -0.3 is 4.57 Å². The van der Waals surface area contributed by atoms with Crippen LogP contribution < -0.4 is 0 Å². The highest BCUT2D eigenvalue weighted by Crippen LogP contribution is 2.28. The molecule has 1 aromatic heterocycles. The second-order valence-electron chi connectivity index (χ2n) is 6.97. The molecule has 0 aliphatic carbocycles. The summed E-state index contributed by atoms with van der Waals surface area (Å²) < 4.78 is 28.6. The summed E-state index contributed by atoms with van der Waals surface area (Å²) in [5.74, 6) is -0.447. The van der Waals surface area contributed by atoms with Crippen molar-refractivity contribution in [3.63, 3.8) is 0 Å². The van der Waals surface area contributed by atoms with E-state index in [0.717, 1.165) is 30.3 Å². The van der Waals surface area contributed by atoms with Gasteiger partial charge in [0.1, 0.15) is 5.82 Å². The first-order valence-electron chi connectivity index (χ1n) is 9.56. The molecule has 1 heterocycles. The molecule has 0 unspecified atom stereocenters. The van der Waals surface area contributed by atoms with E-state index in [4.69, 9.17) is 0 Å². The first-order valence-corrected chi connectivity index (χ1v) is 9.56. The third kappa shape index (κ3) is 3.31. The number of carbonyl (C=O) groups is 1. The van der Waals surface area contributed by atoms with Crippen molar-refractivity contribution in [2.45, 2.75) is 25.8 Å². The monoisotopic (exact) mass is 377 g/mol. The van der Waals surface area contributed by atoms with Crippen molar-refractivity contribution in [3.8, 4) is 0 Å². The number of benzene rings is 3. The van der Waals surface area contributed by atoms with Crippen LogP contribution in [0.15, 0.2) is 66.9 Å². The molecule has 0 radical (unpaired) electrons. The summed E-state index contributed by atoms with van der Waals surface area (Å²) in [7, 11) is 0. The van der Waals surface area contributed by atoms with Crippen LogP contribution in [0.2, 0.25) is 0 Å². The molecule has 0 saturated carbocycles. The summed E-state index contributed by atoms with van der Waals surface area (Å²) in [6.45, 7) is 0.436. The Morgan fingerprint density at radius 2 is 1.50 bits per heavy atom. The van der Waals surface area contributed by atoms with Gasteiger partial charge in [0.2, 0.25) is 0 Å². The maximum Gasteiger partial charge on any atom is 0.195 e. The minimum Gasteiger partial charge on any atom is -0.347 e. The van der Waals surface area contributed by atoms with Gasteiger partial charge >= 0.3 is 0 Å². The third-order valence-electron chi connectivity index (χ3n) is 5.18. The topological polar surface area (TPSA) is 22.0 Å². The first kappa shape index (κ1) is 18.4. The average molecular weight is 377 g/mol. The minimum atomic E-state index is -0.331. The van der Waals surface area contributed by atoms with Crippen LogP contribution in [-0.2, 0) is 6.54 Å². The number of halogens is 2. The molecule has 0 spiro atoms. The van der Waals surface area contributed by atoms with E-state index in [1.54, 1.807) is 24.3 Å². The van der Waals surface area contributed by atoms with Crippen LogP contribution >= 0.6 is 0 Å². The predicted octanol–water partition coefficient (Wildman–Crippen LogP) is 6.30. The quantitative estimate of drug-likeness (QED) is 0.273. The summed E-state index contributed by atoms with van der Waals surface area (Å²) >= 11 is 0. The van der Waals surface area contributed by atoms with E-state index in [-0.39, 0.29) is 18.3 Å². The molecule has 0 aliphatic rings. The smallest absolute Gasteiger partial charge is 0.195 e. The highest BCUT2D eigenvalue weighted by molar-refractivity contribution is 6.21. The molecular weight excluding hydrogens is 356 g/mol. The number of hydrogen-bond donors (Lipinski definition) is 0. The molecule has 28 heavy (non-hydrogen) atoms. The normalized spacial score (nSPS) is 11.4. The fourth-order valence-corrected chi connectivity index (χ4v) is 3.77. The number of carbonyl (C=O) groups excluding carboxylic acids is 1. The lowest BCUT2D eigenvalue weighted by Gasteiger charge is -2.06. The van der Waals surface area contributed by atoms with Crippen molar-refractivity contribution in [1.82, 2.24) is 4.57 Å². The Balaban J connectivity index is 1.77. The average Bonchev–Trinajstić information content (AvgIpc) is 3.10. The molecule has 0 atom stereocenters. The van der Waals surface area contributed by atoms with Gasteiger partial charge in [-0.3, -0.25) is 9.18 Å². The molecule has 4 aromatic rings. The SMILES string of the molecule is O=C(c1ccc(F)c2ccccc12)c1cn(CCCCCF)c2ccccc12. The zero-order valence-corrected chi connectivity index (χ0v) is 15.5. The summed E-state index contributed by atoms with van der Waals surface area (Å²) in [5.41, 5.74) is 2.09. The summed E-state index contributed by atoms with van der Waals surface area (Å²) in [6.07, 6.45) is 4.11. The highest BCUT2D eigenvalue weighted by atomic mass is 19.1. The van der Waals surface area contributed by atoms with Crippen LogP contribution in [0, 0.1) is 5.82 Å². The van der Waals surface area contributed by atoms with Crippen LogP contribution in [-0.4, -0.2) is 17.0 Å². The van der Waals surface area contributed by atoms with Gasteiger partial charge in [-0.25, -0.2) is 4.39 Å². The molecule has 0 saturated heterocycles. The fourth-order valence-electron chi connectivity index (χ4n) is 3.77. The second-order valence-corrected chi connectivity index (χ2v) is 6.97. The van der Waals surface area contributed by atoms with Crippen molar-refractivity contribution in [3.05, 3.63) is 83.8 Å². The van der Waals surface area contributed by atoms with Crippen molar-refractivity contribution in [2.24, 2.45) is 0 Å². The van der Waals surface area contributed by atoms with Crippen LogP contribution in [0.3, 0.4) is 0 Å². The number of para-hydroxylation sites is 1. The highest BCUT2D eigenvalue weighted by Gasteiger charge is 2.19. The van der Waals surface area contributed by atoms with Gasteiger partial charge in [0, 0.05) is 40.2 Å². The van der Waals surface area contributed by atoms with Crippen LogP contribution in [0.5, 0.6) is 0 Å². The van der Waals surface area contributed by atoms with Gasteiger partial charge in [0.15, 0.2) is 5.78 Å². The molecule has 0 aliphatic heterocycles.